The van der Waals surface area contributed by atoms with Crippen LogP contribution in [0.2, 0.25) is 0 Å². The highest BCUT2D eigenvalue weighted by atomic mass is 14.9. The van der Waals surface area contributed by atoms with Gasteiger partial charge in [0.2, 0.25) is 0 Å². The van der Waals surface area contributed by atoms with Gasteiger partial charge in [-0.3, -0.25) is 0 Å². The van der Waals surface area contributed by atoms with Gasteiger partial charge in [0.15, 0.2) is 0 Å². The minimum absolute atomic E-state index is 0.470. The molecule has 98 valence electrons. The summed E-state index contributed by atoms with van der Waals surface area (Å²) in [6, 6.07) is 9.33. The van der Waals surface area contributed by atoms with Crippen molar-refractivity contribution < 1.29 is 0 Å². The SMILES string of the molecule is CCCNC(C)/C(C)=C/c1ccccc1C1CC1. The van der Waals surface area contributed by atoms with Gasteiger partial charge < -0.3 is 5.32 Å². The molecule has 0 radical (unpaired) electrons. The molecule has 0 aromatic heterocycles. The van der Waals surface area contributed by atoms with Crippen LogP contribution in [0.4, 0.5) is 0 Å². The average molecular weight is 243 g/mol. The van der Waals surface area contributed by atoms with E-state index in [9.17, 15) is 0 Å². The highest BCUT2D eigenvalue weighted by Gasteiger charge is 2.25. The predicted octanol–water partition coefficient (Wildman–Crippen LogP) is 4.36. The first-order valence-electron chi connectivity index (χ1n) is 7.23. The van der Waals surface area contributed by atoms with Crippen LogP contribution in [0.1, 0.15) is 57.1 Å². The molecule has 1 unspecified atom stereocenters. The van der Waals surface area contributed by atoms with Crippen molar-refractivity contribution in [1.82, 2.24) is 5.32 Å². The number of hydrogen-bond acceptors (Lipinski definition) is 1. The Morgan fingerprint density at radius 1 is 1.39 bits per heavy atom. The van der Waals surface area contributed by atoms with Gasteiger partial charge >= 0.3 is 0 Å². The molecule has 1 fully saturated rings. The van der Waals surface area contributed by atoms with E-state index < -0.39 is 0 Å². The molecule has 1 aromatic rings. The molecule has 0 spiro atoms. The van der Waals surface area contributed by atoms with Crippen molar-refractivity contribution in [3.63, 3.8) is 0 Å². The van der Waals surface area contributed by atoms with Crippen LogP contribution in [0.25, 0.3) is 6.08 Å². The van der Waals surface area contributed by atoms with E-state index in [0.29, 0.717) is 6.04 Å². The minimum atomic E-state index is 0.470. The van der Waals surface area contributed by atoms with Crippen LogP contribution in [-0.2, 0) is 0 Å². The van der Waals surface area contributed by atoms with Gasteiger partial charge in [-0.05, 0) is 56.7 Å². The smallest absolute Gasteiger partial charge is 0.0251 e. The Hall–Kier alpha value is -1.08. The summed E-state index contributed by atoms with van der Waals surface area (Å²) in [6.07, 6.45) is 6.29. The molecule has 18 heavy (non-hydrogen) atoms. The third-order valence-electron chi connectivity index (χ3n) is 3.78. The van der Waals surface area contributed by atoms with E-state index in [2.05, 4.69) is 56.4 Å². The lowest BCUT2D eigenvalue weighted by Gasteiger charge is -2.15. The number of rotatable bonds is 6. The number of nitrogens with one attached hydrogen (secondary N) is 1. The van der Waals surface area contributed by atoms with Crippen LogP contribution < -0.4 is 5.32 Å². The molecule has 0 saturated heterocycles. The summed E-state index contributed by atoms with van der Waals surface area (Å²) in [7, 11) is 0. The van der Waals surface area contributed by atoms with E-state index in [0.717, 1.165) is 12.5 Å². The summed E-state index contributed by atoms with van der Waals surface area (Å²) >= 11 is 0. The Labute approximate surface area is 111 Å². The average Bonchev–Trinajstić information content (AvgIpc) is 3.20. The standard InChI is InChI=1S/C17H25N/c1-4-11-18-14(3)13(2)12-16-7-5-6-8-17(16)15-9-10-15/h5-8,12,14-15,18H,4,9-11H2,1-3H3/b13-12+. The lowest BCUT2D eigenvalue weighted by Crippen LogP contribution is -2.27. The molecule has 0 heterocycles. The van der Waals surface area contributed by atoms with Crippen LogP contribution in [0.5, 0.6) is 0 Å². The molecule has 1 saturated carbocycles. The molecule has 0 aliphatic heterocycles. The second kappa shape index (κ2) is 6.19. The zero-order chi connectivity index (χ0) is 13.0. The molecule has 1 N–H and O–H groups in total. The van der Waals surface area contributed by atoms with Gasteiger partial charge in [-0.2, -0.15) is 0 Å². The topological polar surface area (TPSA) is 12.0 Å². The Balaban J connectivity index is 2.11. The van der Waals surface area contributed by atoms with E-state index in [4.69, 9.17) is 0 Å². The maximum Gasteiger partial charge on any atom is 0.0251 e. The summed E-state index contributed by atoms with van der Waals surface area (Å²) in [5.74, 6) is 0.823. The fraction of sp³-hybridized carbons (Fsp3) is 0.529. The Bertz CT molecular complexity index is 415. The van der Waals surface area contributed by atoms with E-state index in [-0.39, 0.29) is 0 Å². The third kappa shape index (κ3) is 3.46. The van der Waals surface area contributed by atoms with Gasteiger partial charge in [0.25, 0.3) is 0 Å². The van der Waals surface area contributed by atoms with E-state index in [1.165, 1.54) is 30.4 Å². The first kappa shape index (κ1) is 13.4. The summed E-state index contributed by atoms with van der Waals surface area (Å²) in [5, 5.41) is 3.55. The predicted molar refractivity (Wildman–Crippen MR) is 79.8 cm³/mol. The van der Waals surface area contributed by atoms with Crippen molar-refractivity contribution in [3.8, 4) is 0 Å². The molecule has 1 atom stereocenters. The molecular weight excluding hydrogens is 218 g/mol. The highest BCUT2D eigenvalue weighted by Crippen LogP contribution is 2.42. The molecule has 1 aliphatic rings. The largest absolute Gasteiger partial charge is 0.311 e. The van der Waals surface area contributed by atoms with Crippen LogP contribution >= 0.6 is 0 Å². The molecule has 1 aliphatic carbocycles. The molecular formula is C17H25N. The van der Waals surface area contributed by atoms with E-state index >= 15 is 0 Å². The van der Waals surface area contributed by atoms with E-state index in [1.54, 1.807) is 5.56 Å². The third-order valence-corrected chi connectivity index (χ3v) is 3.78. The van der Waals surface area contributed by atoms with Gasteiger partial charge in [-0.25, -0.2) is 0 Å². The first-order valence-corrected chi connectivity index (χ1v) is 7.23. The van der Waals surface area contributed by atoms with Crippen molar-refractivity contribution in [3.05, 3.63) is 41.0 Å². The van der Waals surface area contributed by atoms with Crippen LogP contribution in [0, 0.1) is 0 Å². The monoisotopic (exact) mass is 243 g/mol. The second-order valence-corrected chi connectivity index (χ2v) is 5.47. The first-order chi connectivity index (χ1) is 8.72. The van der Waals surface area contributed by atoms with Gasteiger partial charge in [0.1, 0.15) is 0 Å². The maximum atomic E-state index is 3.55. The second-order valence-electron chi connectivity index (χ2n) is 5.47. The molecule has 1 aromatic carbocycles. The molecule has 2 rings (SSSR count). The van der Waals surface area contributed by atoms with Gasteiger partial charge in [-0.15, -0.1) is 0 Å². The lowest BCUT2D eigenvalue weighted by molar-refractivity contribution is 0.604. The minimum Gasteiger partial charge on any atom is -0.311 e. The molecule has 0 amide bonds. The zero-order valence-electron chi connectivity index (χ0n) is 11.9. The normalized spacial score (nSPS) is 17.8. The molecule has 1 heteroatoms. The zero-order valence-corrected chi connectivity index (χ0v) is 11.9. The Morgan fingerprint density at radius 2 is 2.11 bits per heavy atom. The molecule has 0 bridgehead atoms. The van der Waals surface area contributed by atoms with Crippen molar-refractivity contribution in [1.29, 1.82) is 0 Å². The maximum absolute atomic E-state index is 3.55. The van der Waals surface area contributed by atoms with Crippen molar-refractivity contribution in [2.45, 2.75) is 52.0 Å². The van der Waals surface area contributed by atoms with Gasteiger partial charge in [0.05, 0.1) is 0 Å². The summed E-state index contributed by atoms with van der Waals surface area (Å²) in [4.78, 5) is 0. The summed E-state index contributed by atoms with van der Waals surface area (Å²) < 4.78 is 0. The van der Waals surface area contributed by atoms with Crippen LogP contribution in [0.3, 0.4) is 0 Å². The fourth-order valence-electron chi connectivity index (χ4n) is 2.30. The fourth-order valence-corrected chi connectivity index (χ4v) is 2.30. The van der Waals surface area contributed by atoms with E-state index in [1.807, 2.05) is 0 Å². The van der Waals surface area contributed by atoms with Crippen molar-refractivity contribution in [2.24, 2.45) is 0 Å². The number of benzene rings is 1. The van der Waals surface area contributed by atoms with Crippen molar-refractivity contribution >= 4 is 6.08 Å². The summed E-state index contributed by atoms with van der Waals surface area (Å²) in [5.41, 5.74) is 4.39. The quantitative estimate of drug-likeness (QED) is 0.783. The Kier molecular flexibility index (Phi) is 4.60. The van der Waals surface area contributed by atoms with Gasteiger partial charge in [0, 0.05) is 6.04 Å². The summed E-state index contributed by atoms with van der Waals surface area (Å²) in [6.45, 7) is 7.79. The lowest BCUT2D eigenvalue weighted by atomic mass is 9.99. The Morgan fingerprint density at radius 3 is 2.78 bits per heavy atom. The number of hydrogen-bond donors (Lipinski definition) is 1. The van der Waals surface area contributed by atoms with Crippen molar-refractivity contribution in [2.75, 3.05) is 6.54 Å². The van der Waals surface area contributed by atoms with Crippen LogP contribution in [-0.4, -0.2) is 12.6 Å². The molecule has 1 nitrogen and oxygen atoms in total. The van der Waals surface area contributed by atoms with Crippen LogP contribution in [0.15, 0.2) is 29.8 Å². The highest BCUT2D eigenvalue weighted by molar-refractivity contribution is 5.58. The van der Waals surface area contributed by atoms with Gasteiger partial charge in [-0.1, -0.05) is 42.8 Å².